The number of amides is 1. The van der Waals surface area contributed by atoms with E-state index in [-0.39, 0.29) is 11.7 Å². The van der Waals surface area contributed by atoms with Crippen LogP contribution in [0.1, 0.15) is 42.9 Å². The highest BCUT2D eigenvalue weighted by Gasteiger charge is 2.25. The van der Waals surface area contributed by atoms with E-state index in [0.717, 1.165) is 43.1 Å². The molecule has 1 aliphatic carbocycles. The van der Waals surface area contributed by atoms with Gasteiger partial charge in [-0.1, -0.05) is 12.1 Å². The van der Waals surface area contributed by atoms with Crippen LogP contribution in [-0.2, 0) is 11.2 Å². The standard InChI is InChI=1S/C25H28F2N6O/c26-19-7-3-16(4-8-19)13-21(28)24(34)31-14-17-1-5-18(6-2-17)22-11-12-29-25(32-22)33-23-10-9-20(27)15-30-23/h3-4,7-12,15,17-18,21H,1-2,5-6,13-14,28H2,(H,31,34)(H,29,30,32,33). The van der Waals surface area contributed by atoms with Gasteiger partial charge in [0.2, 0.25) is 11.9 Å². The molecule has 1 aliphatic rings. The minimum Gasteiger partial charge on any atom is -0.354 e. The smallest absolute Gasteiger partial charge is 0.237 e. The Morgan fingerprint density at radius 1 is 1.00 bits per heavy atom. The van der Waals surface area contributed by atoms with Crippen molar-refractivity contribution in [2.45, 2.75) is 44.1 Å². The molecule has 0 saturated heterocycles. The zero-order valence-corrected chi connectivity index (χ0v) is 18.8. The van der Waals surface area contributed by atoms with Crippen LogP contribution in [0.2, 0.25) is 0 Å². The van der Waals surface area contributed by atoms with Crippen LogP contribution in [0.3, 0.4) is 0 Å². The molecule has 2 heterocycles. The molecule has 4 rings (SSSR count). The van der Waals surface area contributed by atoms with Gasteiger partial charge in [0.05, 0.1) is 12.2 Å². The maximum absolute atomic E-state index is 13.0. The summed E-state index contributed by atoms with van der Waals surface area (Å²) < 4.78 is 26.1. The summed E-state index contributed by atoms with van der Waals surface area (Å²) in [6.45, 7) is 0.593. The largest absolute Gasteiger partial charge is 0.354 e. The number of benzene rings is 1. The van der Waals surface area contributed by atoms with E-state index in [1.54, 1.807) is 18.3 Å². The average molecular weight is 467 g/mol. The Morgan fingerprint density at radius 3 is 2.44 bits per heavy atom. The molecule has 0 spiro atoms. The van der Waals surface area contributed by atoms with Gasteiger partial charge in [0.15, 0.2) is 0 Å². The number of rotatable bonds is 8. The number of anilines is 2. The van der Waals surface area contributed by atoms with E-state index in [1.165, 1.54) is 24.3 Å². The van der Waals surface area contributed by atoms with E-state index < -0.39 is 11.9 Å². The molecule has 4 N–H and O–H groups in total. The van der Waals surface area contributed by atoms with Crippen molar-refractivity contribution in [3.05, 3.63) is 77.8 Å². The van der Waals surface area contributed by atoms with Crippen molar-refractivity contribution in [3.8, 4) is 0 Å². The molecule has 9 heteroatoms. The monoisotopic (exact) mass is 466 g/mol. The molecular formula is C25H28F2N6O. The molecule has 34 heavy (non-hydrogen) atoms. The van der Waals surface area contributed by atoms with Crippen molar-refractivity contribution < 1.29 is 13.6 Å². The number of nitrogens with two attached hydrogens (primary N) is 1. The van der Waals surface area contributed by atoms with Crippen LogP contribution in [0.5, 0.6) is 0 Å². The number of hydrogen-bond donors (Lipinski definition) is 3. The van der Waals surface area contributed by atoms with Crippen molar-refractivity contribution >= 4 is 17.7 Å². The first-order chi connectivity index (χ1) is 16.5. The Kier molecular flexibility index (Phi) is 7.74. The first-order valence-corrected chi connectivity index (χ1v) is 11.5. The SMILES string of the molecule is NC(Cc1ccc(F)cc1)C(=O)NCC1CCC(c2ccnc(Nc3ccc(F)cn3)n2)CC1. The molecule has 1 saturated carbocycles. The van der Waals surface area contributed by atoms with Gasteiger partial charge in [-0.2, -0.15) is 0 Å². The summed E-state index contributed by atoms with van der Waals surface area (Å²) in [5.74, 6) is 0.724. The average Bonchev–Trinajstić information content (AvgIpc) is 2.86. The summed E-state index contributed by atoms with van der Waals surface area (Å²) in [6, 6.07) is 10.2. The van der Waals surface area contributed by atoms with Gasteiger partial charge >= 0.3 is 0 Å². The molecule has 1 aromatic carbocycles. The Bertz CT molecular complexity index is 1090. The Labute approximate surface area is 197 Å². The molecule has 2 aromatic heterocycles. The second-order valence-electron chi connectivity index (χ2n) is 8.69. The fourth-order valence-electron chi connectivity index (χ4n) is 4.23. The van der Waals surface area contributed by atoms with E-state index in [9.17, 15) is 13.6 Å². The summed E-state index contributed by atoms with van der Waals surface area (Å²) in [7, 11) is 0. The number of carbonyl (C=O) groups excluding carboxylic acids is 1. The van der Waals surface area contributed by atoms with Gasteiger partial charge in [-0.3, -0.25) is 4.79 Å². The predicted octanol–water partition coefficient (Wildman–Crippen LogP) is 3.85. The third-order valence-corrected chi connectivity index (χ3v) is 6.18. The maximum atomic E-state index is 13.0. The van der Waals surface area contributed by atoms with Crippen LogP contribution in [0.4, 0.5) is 20.5 Å². The third kappa shape index (κ3) is 6.54. The zero-order valence-electron chi connectivity index (χ0n) is 18.8. The van der Waals surface area contributed by atoms with E-state index in [2.05, 4.69) is 25.6 Å². The van der Waals surface area contributed by atoms with Crippen molar-refractivity contribution in [1.82, 2.24) is 20.3 Å². The minimum absolute atomic E-state index is 0.188. The number of aromatic nitrogens is 3. The normalized spacial score (nSPS) is 18.8. The lowest BCUT2D eigenvalue weighted by molar-refractivity contribution is -0.122. The van der Waals surface area contributed by atoms with E-state index in [4.69, 9.17) is 5.73 Å². The molecule has 1 atom stereocenters. The Balaban J connectivity index is 1.23. The van der Waals surface area contributed by atoms with Crippen LogP contribution < -0.4 is 16.4 Å². The minimum atomic E-state index is -0.663. The number of carbonyl (C=O) groups is 1. The quantitative estimate of drug-likeness (QED) is 0.466. The Morgan fingerprint density at radius 2 is 1.74 bits per heavy atom. The fraction of sp³-hybridized carbons (Fsp3) is 0.360. The molecule has 1 fully saturated rings. The predicted molar refractivity (Wildman–Crippen MR) is 125 cm³/mol. The van der Waals surface area contributed by atoms with E-state index in [1.807, 2.05) is 6.07 Å². The second-order valence-corrected chi connectivity index (χ2v) is 8.69. The molecule has 0 radical (unpaired) electrons. The first-order valence-electron chi connectivity index (χ1n) is 11.5. The van der Waals surface area contributed by atoms with Gasteiger partial charge in [0.1, 0.15) is 17.5 Å². The molecule has 7 nitrogen and oxygen atoms in total. The summed E-state index contributed by atoms with van der Waals surface area (Å²) in [5.41, 5.74) is 7.82. The molecule has 0 bridgehead atoms. The van der Waals surface area contributed by atoms with Crippen LogP contribution in [-0.4, -0.2) is 33.4 Å². The lowest BCUT2D eigenvalue weighted by Crippen LogP contribution is -2.44. The van der Waals surface area contributed by atoms with Crippen LogP contribution in [0, 0.1) is 17.6 Å². The number of halogens is 2. The number of hydrogen-bond acceptors (Lipinski definition) is 6. The number of pyridine rings is 1. The number of nitrogens with one attached hydrogen (secondary N) is 2. The summed E-state index contributed by atoms with van der Waals surface area (Å²) in [6.07, 6.45) is 7.11. The zero-order chi connectivity index (χ0) is 23.9. The van der Waals surface area contributed by atoms with Gasteiger partial charge in [-0.15, -0.1) is 0 Å². The van der Waals surface area contributed by atoms with Crippen LogP contribution in [0.15, 0.2) is 54.9 Å². The van der Waals surface area contributed by atoms with Crippen molar-refractivity contribution in [3.63, 3.8) is 0 Å². The van der Waals surface area contributed by atoms with Crippen LogP contribution in [0.25, 0.3) is 0 Å². The Hall–Kier alpha value is -3.46. The lowest BCUT2D eigenvalue weighted by atomic mass is 9.80. The fourth-order valence-corrected chi connectivity index (χ4v) is 4.23. The topological polar surface area (TPSA) is 106 Å². The van der Waals surface area contributed by atoms with Gasteiger partial charge < -0.3 is 16.4 Å². The third-order valence-electron chi connectivity index (χ3n) is 6.18. The molecule has 1 unspecified atom stereocenters. The van der Waals surface area contributed by atoms with Crippen LogP contribution >= 0.6 is 0 Å². The van der Waals surface area contributed by atoms with Crippen molar-refractivity contribution in [2.24, 2.45) is 11.7 Å². The van der Waals surface area contributed by atoms with Crippen molar-refractivity contribution in [1.29, 1.82) is 0 Å². The van der Waals surface area contributed by atoms with E-state index in [0.29, 0.717) is 36.6 Å². The maximum Gasteiger partial charge on any atom is 0.237 e. The van der Waals surface area contributed by atoms with Gasteiger partial charge in [0, 0.05) is 24.4 Å². The van der Waals surface area contributed by atoms with Crippen molar-refractivity contribution in [2.75, 3.05) is 11.9 Å². The first kappa shape index (κ1) is 23.7. The highest BCUT2D eigenvalue weighted by atomic mass is 19.1. The van der Waals surface area contributed by atoms with Gasteiger partial charge in [-0.25, -0.2) is 23.7 Å². The molecular weight excluding hydrogens is 438 g/mol. The number of nitrogens with zero attached hydrogens (tertiary/aromatic N) is 3. The highest BCUT2D eigenvalue weighted by Crippen LogP contribution is 2.35. The summed E-state index contributed by atoms with van der Waals surface area (Å²) >= 11 is 0. The molecule has 178 valence electrons. The second kappa shape index (κ2) is 11.1. The van der Waals surface area contributed by atoms with E-state index >= 15 is 0 Å². The van der Waals surface area contributed by atoms with Gasteiger partial charge in [-0.05, 0) is 73.9 Å². The highest BCUT2D eigenvalue weighted by molar-refractivity contribution is 5.81. The molecule has 3 aromatic rings. The molecule has 0 aliphatic heterocycles. The van der Waals surface area contributed by atoms with Gasteiger partial charge in [0.25, 0.3) is 0 Å². The summed E-state index contributed by atoms with van der Waals surface area (Å²) in [4.78, 5) is 25.2. The summed E-state index contributed by atoms with van der Waals surface area (Å²) in [5, 5.41) is 5.98. The lowest BCUT2D eigenvalue weighted by Gasteiger charge is -2.28. The molecule has 1 amide bonds.